The second-order valence-corrected chi connectivity index (χ2v) is 3.94. The normalized spacial score (nSPS) is 12.8. The molecule has 0 bridgehead atoms. The van der Waals surface area contributed by atoms with E-state index in [1.54, 1.807) is 7.11 Å². The third kappa shape index (κ3) is 3.23. The summed E-state index contributed by atoms with van der Waals surface area (Å²) in [5, 5.41) is 4.05. The number of hydrogen-bond donors (Lipinski definition) is 1. The summed E-state index contributed by atoms with van der Waals surface area (Å²) in [5.41, 5.74) is 0. The molecule has 0 saturated carbocycles. The number of anilines is 1. The predicted octanol–water partition coefficient (Wildman–Crippen LogP) is 2.11. The molecule has 80 valence electrons. The molecule has 0 spiro atoms. The van der Waals surface area contributed by atoms with Gasteiger partial charge in [0.05, 0.1) is 6.61 Å². The summed E-state index contributed by atoms with van der Waals surface area (Å²) in [5.74, 6) is 1.39. The molecule has 5 heteroatoms. The van der Waals surface area contributed by atoms with Crippen LogP contribution in [0.15, 0.2) is 0 Å². The van der Waals surface area contributed by atoms with Gasteiger partial charge < -0.3 is 10.1 Å². The minimum absolute atomic E-state index is 0.448. The Kier molecular flexibility index (Phi) is 4.82. The van der Waals surface area contributed by atoms with Gasteiger partial charge in [0.25, 0.3) is 0 Å². The Morgan fingerprint density at radius 1 is 1.57 bits per heavy atom. The molecular weight excluding hydrogens is 198 g/mol. The number of nitrogens with zero attached hydrogens (tertiary/aromatic N) is 2. The summed E-state index contributed by atoms with van der Waals surface area (Å²) in [6.45, 7) is 5.76. The SMILES string of the molecule is CCC(C)c1nsc(NCCOC)n1. The predicted molar refractivity (Wildman–Crippen MR) is 59.0 cm³/mol. The molecule has 14 heavy (non-hydrogen) atoms. The lowest BCUT2D eigenvalue weighted by molar-refractivity contribution is 0.211. The van der Waals surface area contributed by atoms with Gasteiger partial charge in [-0.05, 0) is 6.42 Å². The highest BCUT2D eigenvalue weighted by Gasteiger charge is 2.09. The van der Waals surface area contributed by atoms with Gasteiger partial charge in [0, 0.05) is 31.1 Å². The van der Waals surface area contributed by atoms with Gasteiger partial charge in [0.1, 0.15) is 5.82 Å². The van der Waals surface area contributed by atoms with Crippen molar-refractivity contribution in [1.82, 2.24) is 9.36 Å². The van der Waals surface area contributed by atoms with Crippen LogP contribution >= 0.6 is 11.5 Å². The molecule has 0 aliphatic carbocycles. The second-order valence-electron chi connectivity index (χ2n) is 3.19. The number of rotatable bonds is 6. The van der Waals surface area contributed by atoms with Gasteiger partial charge in [0.2, 0.25) is 5.13 Å². The highest BCUT2D eigenvalue weighted by atomic mass is 32.1. The van der Waals surface area contributed by atoms with Crippen molar-refractivity contribution in [2.45, 2.75) is 26.2 Å². The quantitative estimate of drug-likeness (QED) is 0.738. The molecule has 1 heterocycles. The molecule has 1 N–H and O–H groups in total. The lowest BCUT2D eigenvalue weighted by Gasteiger charge is -2.01. The molecule has 1 aromatic rings. The van der Waals surface area contributed by atoms with Gasteiger partial charge in [0.15, 0.2) is 0 Å². The Bertz CT molecular complexity index is 264. The average Bonchev–Trinajstić information content (AvgIpc) is 2.66. The zero-order valence-corrected chi connectivity index (χ0v) is 9.73. The molecule has 0 aliphatic rings. The molecule has 1 unspecified atom stereocenters. The first-order chi connectivity index (χ1) is 6.77. The van der Waals surface area contributed by atoms with Crippen molar-refractivity contribution in [2.75, 3.05) is 25.6 Å². The summed E-state index contributed by atoms with van der Waals surface area (Å²) in [6.07, 6.45) is 1.08. The number of methoxy groups -OCH3 is 1. The zero-order chi connectivity index (χ0) is 10.4. The summed E-state index contributed by atoms with van der Waals surface area (Å²) < 4.78 is 9.23. The van der Waals surface area contributed by atoms with Crippen LogP contribution in [0.5, 0.6) is 0 Å². The third-order valence-corrected chi connectivity index (χ3v) is 2.76. The fourth-order valence-electron chi connectivity index (χ4n) is 0.949. The van der Waals surface area contributed by atoms with E-state index >= 15 is 0 Å². The molecule has 0 aliphatic heterocycles. The minimum Gasteiger partial charge on any atom is -0.383 e. The van der Waals surface area contributed by atoms with E-state index in [0.29, 0.717) is 12.5 Å². The van der Waals surface area contributed by atoms with Crippen molar-refractivity contribution in [3.8, 4) is 0 Å². The number of nitrogens with one attached hydrogen (secondary N) is 1. The van der Waals surface area contributed by atoms with Gasteiger partial charge in [-0.2, -0.15) is 4.37 Å². The number of aromatic nitrogens is 2. The first kappa shape index (κ1) is 11.4. The van der Waals surface area contributed by atoms with E-state index in [1.807, 2.05) is 0 Å². The Labute approximate surface area is 88.9 Å². The van der Waals surface area contributed by atoms with E-state index in [9.17, 15) is 0 Å². The van der Waals surface area contributed by atoms with Crippen LogP contribution < -0.4 is 5.32 Å². The molecule has 0 radical (unpaired) electrons. The molecule has 1 atom stereocenters. The summed E-state index contributed by atoms with van der Waals surface area (Å²) in [6, 6.07) is 0. The summed E-state index contributed by atoms with van der Waals surface area (Å²) in [7, 11) is 1.69. The van der Waals surface area contributed by atoms with Crippen LogP contribution in [0.25, 0.3) is 0 Å². The largest absolute Gasteiger partial charge is 0.383 e. The van der Waals surface area contributed by atoms with Gasteiger partial charge in [-0.1, -0.05) is 13.8 Å². The Balaban J connectivity index is 2.42. The van der Waals surface area contributed by atoms with E-state index in [1.165, 1.54) is 11.5 Å². The summed E-state index contributed by atoms with van der Waals surface area (Å²) in [4.78, 5) is 4.39. The Morgan fingerprint density at radius 3 is 3.00 bits per heavy atom. The minimum atomic E-state index is 0.448. The number of ether oxygens (including phenoxy) is 1. The highest BCUT2D eigenvalue weighted by Crippen LogP contribution is 2.19. The van der Waals surface area contributed by atoms with Crippen molar-refractivity contribution < 1.29 is 4.74 Å². The van der Waals surface area contributed by atoms with Crippen molar-refractivity contribution in [2.24, 2.45) is 0 Å². The van der Waals surface area contributed by atoms with E-state index in [4.69, 9.17) is 4.74 Å². The molecule has 4 nitrogen and oxygen atoms in total. The van der Waals surface area contributed by atoms with Crippen molar-refractivity contribution in [1.29, 1.82) is 0 Å². The number of hydrogen-bond acceptors (Lipinski definition) is 5. The molecule has 1 rings (SSSR count). The Hall–Kier alpha value is -0.680. The highest BCUT2D eigenvalue weighted by molar-refractivity contribution is 7.09. The smallest absolute Gasteiger partial charge is 0.202 e. The maximum Gasteiger partial charge on any atom is 0.202 e. The van der Waals surface area contributed by atoms with Gasteiger partial charge in [-0.25, -0.2) is 4.98 Å². The maximum absolute atomic E-state index is 4.93. The van der Waals surface area contributed by atoms with Crippen molar-refractivity contribution in [3.63, 3.8) is 0 Å². The van der Waals surface area contributed by atoms with E-state index in [0.717, 1.165) is 23.9 Å². The first-order valence-electron chi connectivity index (χ1n) is 4.84. The molecule has 0 aromatic carbocycles. The molecular formula is C9H17N3OS. The fourth-order valence-corrected chi connectivity index (χ4v) is 1.65. The van der Waals surface area contributed by atoms with Crippen molar-refractivity contribution >= 4 is 16.7 Å². The van der Waals surface area contributed by atoms with Crippen LogP contribution in [0, 0.1) is 0 Å². The average molecular weight is 215 g/mol. The molecule has 0 amide bonds. The third-order valence-electron chi connectivity index (χ3n) is 2.08. The van der Waals surface area contributed by atoms with Crippen LogP contribution in [0.3, 0.4) is 0 Å². The maximum atomic E-state index is 4.93. The first-order valence-corrected chi connectivity index (χ1v) is 5.61. The molecule has 1 aromatic heterocycles. The lowest BCUT2D eigenvalue weighted by atomic mass is 10.1. The van der Waals surface area contributed by atoms with E-state index < -0.39 is 0 Å². The lowest BCUT2D eigenvalue weighted by Crippen LogP contribution is -2.07. The van der Waals surface area contributed by atoms with Gasteiger partial charge in [-0.3, -0.25) is 0 Å². The van der Waals surface area contributed by atoms with Crippen LogP contribution in [0.1, 0.15) is 32.0 Å². The molecule has 0 saturated heterocycles. The monoisotopic (exact) mass is 215 g/mol. The van der Waals surface area contributed by atoms with E-state index in [-0.39, 0.29) is 0 Å². The summed E-state index contributed by atoms with van der Waals surface area (Å²) >= 11 is 1.42. The van der Waals surface area contributed by atoms with Crippen LogP contribution in [0.2, 0.25) is 0 Å². The Morgan fingerprint density at radius 2 is 2.36 bits per heavy atom. The van der Waals surface area contributed by atoms with Gasteiger partial charge in [-0.15, -0.1) is 0 Å². The standard InChI is InChI=1S/C9H17N3OS/c1-4-7(2)8-11-9(14-12-8)10-5-6-13-3/h7H,4-6H2,1-3H3,(H,10,11,12). The van der Waals surface area contributed by atoms with Crippen LogP contribution in [-0.4, -0.2) is 29.6 Å². The van der Waals surface area contributed by atoms with Crippen LogP contribution in [0.4, 0.5) is 5.13 Å². The van der Waals surface area contributed by atoms with Crippen LogP contribution in [-0.2, 0) is 4.74 Å². The zero-order valence-electron chi connectivity index (χ0n) is 8.91. The topological polar surface area (TPSA) is 47.0 Å². The van der Waals surface area contributed by atoms with Crippen molar-refractivity contribution in [3.05, 3.63) is 5.82 Å². The van der Waals surface area contributed by atoms with Gasteiger partial charge >= 0.3 is 0 Å². The molecule has 0 fully saturated rings. The fraction of sp³-hybridized carbons (Fsp3) is 0.778. The van der Waals surface area contributed by atoms with E-state index in [2.05, 4.69) is 28.5 Å². The second kappa shape index (κ2) is 5.93.